The van der Waals surface area contributed by atoms with Gasteiger partial charge in [-0.05, 0) is 205 Å². The molecule has 5 unspecified atom stereocenters. The number of alkyl halides is 5. The second kappa shape index (κ2) is 73.0. The van der Waals surface area contributed by atoms with Crippen LogP contribution in [0, 0.1) is 53.3 Å². The number of amides is 7. The number of methoxy groups -OCH3 is 2. The molecule has 34 heteroatoms. The van der Waals surface area contributed by atoms with Gasteiger partial charge in [0.25, 0.3) is 5.91 Å². The molecule has 4 saturated heterocycles. The Hall–Kier alpha value is -8.31. The highest BCUT2D eigenvalue weighted by Crippen LogP contribution is 2.53. The van der Waals surface area contributed by atoms with Gasteiger partial charge >= 0.3 is 36.1 Å². The van der Waals surface area contributed by atoms with Crippen molar-refractivity contribution in [3.05, 3.63) is 152 Å². The lowest BCUT2D eigenvalue weighted by Crippen LogP contribution is -2.36. The number of allylic oxidation sites excluding steroid dienone is 1. The van der Waals surface area contributed by atoms with Crippen LogP contribution in [0.2, 0.25) is 0 Å². The van der Waals surface area contributed by atoms with Crippen molar-refractivity contribution in [1.82, 2.24) is 37.2 Å². The second-order valence-corrected chi connectivity index (χ2v) is 46.4. The third-order valence-corrected chi connectivity index (χ3v) is 31.0. The number of ketones is 2. The maximum absolute atomic E-state index is 12.4. The monoisotopic (exact) mass is 2280 g/mol. The summed E-state index contributed by atoms with van der Waals surface area (Å²) < 4.78 is 72.0. The number of hydrogen-bond acceptors (Lipinski definition) is 20. The Labute approximate surface area is 904 Å². The molecule has 4 aromatic carbocycles. The Kier molecular flexibility index (Phi) is 63.3. The average molecular weight is 2280 g/mol. The van der Waals surface area contributed by atoms with Crippen LogP contribution in [0.3, 0.4) is 0 Å². The van der Waals surface area contributed by atoms with E-state index in [9.17, 15) is 61.1 Å². The summed E-state index contributed by atoms with van der Waals surface area (Å²) in [5, 5.41) is 39.2. The van der Waals surface area contributed by atoms with E-state index in [0.717, 1.165) is 185 Å². The zero-order chi connectivity index (χ0) is 107. The highest BCUT2D eigenvalue weighted by Gasteiger charge is 2.45. The molecular weight excluding hydrogens is 2120 g/mol. The Bertz CT molecular complexity index is 4780. The number of carboxylic acid groups (broad SMARTS) is 1. The highest BCUT2D eigenvalue weighted by molar-refractivity contribution is 9.25. The van der Waals surface area contributed by atoms with Gasteiger partial charge in [0, 0.05) is 129 Å². The van der Waals surface area contributed by atoms with Gasteiger partial charge in [-0.1, -0.05) is 219 Å². The number of aliphatic hydroxyl groups is 1. The lowest BCUT2D eigenvalue weighted by Gasteiger charge is -2.19. The number of carbonyl (C=O) groups excluding carboxylic acids is 9. The minimum Gasteiger partial charge on any atom is -0.478 e. The van der Waals surface area contributed by atoms with E-state index in [2.05, 4.69) is 137 Å². The maximum Gasteiger partial charge on any atom is 0.449 e. The first-order chi connectivity index (χ1) is 70.6. The number of esters is 2. The fraction of sp³-hybridized carbons (Fsp3) is 0.628. The number of rotatable bonds is 41. The molecule has 0 aromatic heterocycles. The van der Waals surface area contributed by atoms with Gasteiger partial charge in [-0.15, -0.1) is 24.2 Å². The van der Waals surface area contributed by atoms with Gasteiger partial charge in [0.2, 0.25) is 17.6 Å². The first kappa shape index (κ1) is 127. The lowest BCUT2D eigenvalue weighted by molar-refractivity contribution is -0.168. The number of hydrogen-bond donors (Lipinski definition) is 9. The van der Waals surface area contributed by atoms with Crippen LogP contribution in [0.5, 0.6) is 0 Å². The number of carbonyl (C=O) groups is 10. The maximum atomic E-state index is 12.4. The van der Waals surface area contributed by atoms with Gasteiger partial charge in [-0.2, -0.15) is 36.7 Å². The number of urea groups is 2. The lowest BCUT2D eigenvalue weighted by atomic mass is 9.88. The average Bonchev–Trinajstić information content (AvgIpc) is 1.66. The second-order valence-electron chi connectivity index (χ2n) is 38.9. The SMILES string of the molecule is BrC1(Br)CC2CCCCCC2C1.C#CCCC(=O)C(C)(C)C.CC(=O)C(F)(F)F.CCCCOCCCNC(=O)CCCC[C@@H]1SC[C@@H]2NC(=O)N[C@@H]21.COC(=O)c1ccc(CO)cc1.COC(=O)c1ccc(COC2CCCCCC=C2Br)cc1.O=C(CCCC[C@@H]1SC[C@@H]2NC(=O)N[C@@H]21)NCCCOCCCNC(=O)c1ccc(COC2C#CCCCCC2)cc1.O=C(O)c1ccc(COC2C#CCCCCC2)cc1. The Morgan fingerprint density at radius 1 is 0.524 bits per heavy atom. The van der Waals surface area contributed by atoms with Gasteiger partial charge < -0.3 is 80.6 Å². The molecule has 814 valence electrons. The first-order valence-electron chi connectivity index (χ1n) is 52.4. The summed E-state index contributed by atoms with van der Waals surface area (Å²) >= 11 is 15.0. The molecule has 147 heavy (non-hydrogen) atoms. The predicted molar refractivity (Wildman–Crippen MR) is 585 cm³/mol. The molecule has 5 aliphatic carbocycles. The van der Waals surface area contributed by atoms with Crippen LogP contribution in [0.1, 0.15) is 336 Å². The number of aromatic carboxylic acids is 1. The molecule has 6 fully saturated rings. The van der Waals surface area contributed by atoms with Crippen molar-refractivity contribution in [1.29, 1.82) is 0 Å². The van der Waals surface area contributed by atoms with Crippen LogP contribution in [-0.4, -0.2) is 204 Å². The number of ether oxygens (including phenoxy) is 7. The summed E-state index contributed by atoms with van der Waals surface area (Å²) in [7, 11) is 2.72. The fourth-order valence-corrected chi connectivity index (χ4v) is 22.5. The molecule has 2 saturated carbocycles. The van der Waals surface area contributed by atoms with E-state index >= 15 is 0 Å². The van der Waals surface area contributed by atoms with Gasteiger partial charge in [0.15, 0.2) is 0 Å². The van der Waals surface area contributed by atoms with E-state index < -0.39 is 17.9 Å². The summed E-state index contributed by atoms with van der Waals surface area (Å²) in [6.45, 7) is 14.4. The normalized spacial score (nSPS) is 21.2. The number of Topliss-reactive ketones (excluding diaryl/α,β-unsaturated/α-hetero) is 2. The van der Waals surface area contributed by atoms with Gasteiger partial charge in [-0.25, -0.2) is 24.0 Å². The molecule has 0 bridgehead atoms. The predicted octanol–water partition coefficient (Wildman–Crippen LogP) is 22.4. The number of aliphatic hydroxyl groups excluding tert-OH is 1. The molecule has 13 rings (SSSR count). The fourth-order valence-electron chi connectivity index (χ4n) is 17.2. The highest BCUT2D eigenvalue weighted by atomic mass is 79.9. The smallest absolute Gasteiger partial charge is 0.449 e. The summed E-state index contributed by atoms with van der Waals surface area (Å²) in [6.07, 6.45) is 42.5. The quantitative estimate of drug-likeness (QED) is 0.00655. The number of carboxylic acids is 1. The Morgan fingerprint density at radius 2 is 0.932 bits per heavy atom. The number of benzene rings is 4. The van der Waals surface area contributed by atoms with E-state index in [4.69, 9.17) is 40.3 Å². The van der Waals surface area contributed by atoms with Crippen molar-refractivity contribution >= 4 is 131 Å². The van der Waals surface area contributed by atoms with Gasteiger partial charge in [-0.3, -0.25) is 24.0 Å². The zero-order valence-corrected chi connectivity index (χ0v) is 93.4. The van der Waals surface area contributed by atoms with Crippen molar-refractivity contribution in [3.63, 3.8) is 0 Å². The van der Waals surface area contributed by atoms with E-state index in [1.54, 1.807) is 60.7 Å². The van der Waals surface area contributed by atoms with Crippen molar-refractivity contribution in [2.75, 3.05) is 71.8 Å². The topological polar surface area (TPSA) is 360 Å². The molecular formula is C113H159Br3F3N7O19S2. The third-order valence-electron chi connectivity index (χ3n) is 25.9. The van der Waals surface area contributed by atoms with E-state index in [0.29, 0.717) is 121 Å². The molecule has 0 radical (unpaired) electrons. The molecule has 4 heterocycles. The summed E-state index contributed by atoms with van der Waals surface area (Å²) in [5.74, 6) is 16.2. The van der Waals surface area contributed by atoms with Crippen molar-refractivity contribution in [2.24, 2.45) is 17.3 Å². The molecule has 7 amide bonds. The summed E-state index contributed by atoms with van der Waals surface area (Å²) in [6, 6.07) is 29.3. The van der Waals surface area contributed by atoms with Crippen LogP contribution in [-0.2, 0) is 78.8 Å². The van der Waals surface area contributed by atoms with E-state index in [-0.39, 0.29) is 102 Å². The standard InChI is InChI=1S/C32H46N4O5S.C17H21BrO3.C17H31N3O3S.C16H18O3.C10H16Br2.C9H10O3.C9H14O.C3H3F3O/c37-29(13-7-6-12-28-30-27(23-42-28)35-32(39)36-30)33-18-8-20-40-21-9-19-34-31(38)25-16-14-24(15-17-25)22-41-26-10-4-2-1-3-5-11-26;1-20-17(19)14-10-8-13(9-11-14)12-21-16-7-5-3-2-4-6-15(16)18;1-2-3-10-23-11-6-9-18-15(21)8-5-4-7-14-16-13(12-24-14)19-17(22)20-16;17-16(18)14-10-8-13(9-11-14)12-19-15-6-4-2-1-3-5-7-15;11-10(12)6-8-4-2-1-3-5-9(8)7-10;1-12-9(11)8-4-2-7(6-10)3-5-8;1-5-6-7-8(10)9(2,3)4;1-2(7)3(4,5)6/h14-17,26-28,30H,1-4,6-10,12-13,18-23H2,(H,33,37)(H,34,38)(H2,35,36,39);6,8-11,16H,2-5,7,12H2,1H3;13-14,16H,2-12H2,1H3,(H,18,21)(H2,19,20,22);8-11,15H,1-4,6,12H2,(H,17,18);8-9H,1-7H2;2-5,10H,6H2,1H3;1H,6-7H2,2-4H3;1H3/t26?,27-,28-,30-;;13-,14-,16-;;;;;/m0.0...../s1. The van der Waals surface area contributed by atoms with Gasteiger partial charge in [0.1, 0.15) is 18.0 Å². The molecule has 9 N–H and O–H groups in total. The summed E-state index contributed by atoms with van der Waals surface area (Å²) in [4.78, 5) is 113. The first-order valence-corrected chi connectivity index (χ1v) is 56.9. The number of fused-ring (bicyclic) bond motifs is 3. The van der Waals surface area contributed by atoms with Crippen LogP contribution < -0.4 is 37.2 Å². The molecule has 0 spiro atoms. The number of nitrogens with one attached hydrogen (secondary N) is 7. The van der Waals surface area contributed by atoms with E-state index in [1.807, 2.05) is 80.7 Å². The number of terminal acetylenes is 1. The molecule has 4 aromatic rings. The van der Waals surface area contributed by atoms with Crippen LogP contribution in [0.4, 0.5) is 22.8 Å². The molecule has 26 nitrogen and oxygen atoms in total. The van der Waals surface area contributed by atoms with Crippen LogP contribution >= 0.6 is 71.3 Å². The summed E-state index contributed by atoms with van der Waals surface area (Å²) in [5.41, 5.74) is 5.62. The van der Waals surface area contributed by atoms with Crippen LogP contribution in [0.15, 0.2) is 108 Å². The number of unbranched alkanes of at least 4 members (excludes halogenated alkanes) is 3. The number of halogens is 6. The third kappa shape index (κ3) is 54.0. The Morgan fingerprint density at radius 3 is 1.36 bits per heavy atom. The van der Waals surface area contributed by atoms with Crippen molar-refractivity contribution < 1.29 is 104 Å². The zero-order valence-electron chi connectivity index (χ0n) is 87.0. The van der Waals surface area contributed by atoms with E-state index in [1.165, 1.54) is 104 Å². The minimum atomic E-state index is -4.64. The van der Waals surface area contributed by atoms with Crippen molar-refractivity contribution in [2.45, 2.75) is 361 Å². The molecule has 9 aliphatic rings. The minimum absolute atomic E-state index is 0.00197. The van der Waals surface area contributed by atoms with Gasteiger partial charge in [0.05, 0.1) is 90.8 Å². The van der Waals surface area contributed by atoms with Crippen molar-refractivity contribution in [3.8, 4) is 36.0 Å². The molecule has 11 atom stereocenters. The molecule has 4 aliphatic heterocycles. The van der Waals surface area contributed by atoms with Crippen LogP contribution in [0.25, 0.3) is 0 Å². The Balaban J connectivity index is 0.000000273. The largest absolute Gasteiger partial charge is 0.478 e. The number of thioether (sulfide) groups is 2.